The van der Waals surface area contributed by atoms with Crippen LogP contribution in [0.2, 0.25) is 0 Å². The number of benzene rings is 3. The molecule has 0 saturated carbocycles. The van der Waals surface area contributed by atoms with Crippen molar-refractivity contribution in [2.45, 2.75) is 39.0 Å². The van der Waals surface area contributed by atoms with Gasteiger partial charge in [-0.15, -0.1) is 0 Å². The number of hydrogen-bond acceptors (Lipinski definition) is 4. The highest BCUT2D eigenvalue weighted by Crippen LogP contribution is 2.50. The van der Waals surface area contributed by atoms with Crippen molar-refractivity contribution in [1.82, 2.24) is 14.5 Å². The second kappa shape index (κ2) is 9.26. The lowest BCUT2D eigenvalue weighted by Gasteiger charge is -2.24. The van der Waals surface area contributed by atoms with Gasteiger partial charge in [-0.1, -0.05) is 32.0 Å². The number of halogens is 3. The van der Waals surface area contributed by atoms with Gasteiger partial charge in [-0.2, -0.15) is 8.78 Å². The molecule has 0 aliphatic carbocycles. The Bertz CT molecular complexity index is 1780. The number of imidazole rings is 1. The van der Waals surface area contributed by atoms with Gasteiger partial charge in [-0.3, -0.25) is 4.79 Å². The van der Waals surface area contributed by atoms with E-state index in [9.17, 15) is 18.1 Å². The van der Waals surface area contributed by atoms with E-state index in [1.54, 1.807) is 48.7 Å². The molecule has 2 bridgehead atoms. The molecule has 3 heterocycles. The third kappa shape index (κ3) is 3.89. The van der Waals surface area contributed by atoms with Crippen LogP contribution in [0.25, 0.3) is 22.2 Å². The van der Waals surface area contributed by atoms with Gasteiger partial charge in [0.25, 0.3) is 5.91 Å². The van der Waals surface area contributed by atoms with E-state index in [2.05, 4.69) is 4.98 Å². The van der Waals surface area contributed by atoms with Gasteiger partial charge in [0.1, 0.15) is 24.5 Å². The molecule has 0 fully saturated rings. The Hall–Kier alpha value is -3.58. The SMILES string of the molecule is [2H]C([2H])([2H])N1C(=O)c2cccc(OC(F)F)c2[C@H]2C[C@@H]1c1nc3ccc(-c4ccc(P(=O)(CC)CC)c(F)c4)cc3n12. The van der Waals surface area contributed by atoms with Gasteiger partial charge in [0.15, 0.2) is 0 Å². The molecule has 39 heavy (non-hydrogen) atoms. The van der Waals surface area contributed by atoms with Crippen molar-refractivity contribution < 1.29 is 31.4 Å². The highest BCUT2D eigenvalue weighted by atomic mass is 31.2. The highest BCUT2D eigenvalue weighted by molar-refractivity contribution is 7.71. The molecular weight excluding hydrogens is 526 g/mol. The van der Waals surface area contributed by atoms with E-state index in [4.69, 9.17) is 8.85 Å². The number of fused-ring (bicyclic) bond motifs is 9. The molecule has 6 nitrogen and oxygen atoms in total. The van der Waals surface area contributed by atoms with Crippen LogP contribution >= 0.6 is 7.14 Å². The molecule has 1 amide bonds. The summed E-state index contributed by atoms with van der Waals surface area (Å²) in [6, 6.07) is 12.3. The van der Waals surface area contributed by atoms with Crippen molar-refractivity contribution in [3.05, 3.63) is 77.4 Å². The van der Waals surface area contributed by atoms with Crippen LogP contribution in [0.5, 0.6) is 5.75 Å². The van der Waals surface area contributed by atoms with E-state index in [0.29, 0.717) is 40.3 Å². The first kappa shape index (κ1) is 22.3. The van der Waals surface area contributed by atoms with Crippen molar-refractivity contribution in [1.29, 1.82) is 0 Å². The fourth-order valence-corrected chi connectivity index (χ4v) is 7.80. The predicted octanol–water partition coefficient (Wildman–Crippen LogP) is 6.59. The lowest BCUT2D eigenvalue weighted by Crippen LogP contribution is -2.30. The third-order valence-corrected chi connectivity index (χ3v) is 11.2. The van der Waals surface area contributed by atoms with Crippen LogP contribution in [-0.4, -0.2) is 46.3 Å². The first-order chi connectivity index (χ1) is 19.9. The molecule has 10 heteroatoms. The zero-order chi connectivity index (χ0) is 30.1. The molecule has 4 aromatic rings. The van der Waals surface area contributed by atoms with Gasteiger partial charge in [-0.25, -0.2) is 9.37 Å². The van der Waals surface area contributed by atoms with Crippen molar-refractivity contribution in [2.24, 2.45) is 0 Å². The predicted molar refractivity (Wildman–Crippen MR) is 144 cm³/mol. The Balaban J connectivity index is 1.55. The van der Waals surface area contributed by atoms with Gasteiger partial charge < -0.3 is 18.8 Å². The topological polar surface area (TPSA) is 64.4 Å². The second-order valence-electron chi connectivity index (χ2n) is 9.77. The lowest BCUT2D eigenvalue weighted by atomic mass is 9.97. The third-order valence-electron chi connectivity index (χ3n) is 7.89. The Morgan fingerprint density at radius 2 is 1.85 bits per heavy atom. The summed E-state index contributed by atoms with van der Waals surface area (Å²) < 4.78 is 86.3. The van der Waals surface area contributed by atoms with E-state index >= 15 is 4.39 Å². The van der Waals surface area contributed by atoms with Crippen molar-refractivity contribution in [3.8, 4) is 16.9 Å². The summed E-state index contributed by atoms with van der Waals surface area (Å²) in [5, 5.41) is 0.213. The number of carbonyl (C=O) groups excluding carboxylic acids is 1. The molecule has 0 radical (unpaired) electrons. The van der Waals surface area contributed by atoms with Crippen molar-refractivity contribution in [2.75, 3.05) is 19.3 Å². The Morgan fingerprint density at radius 3 is 2.54 bits per heavy atom. The number of rotatable bonds is 6. The number of aromatic nitrogens is 2. The first-order valence-corrected chi connectivity index (χ1v) is 14.8. The molecular formula is C29H27F3N3O3P. The minimum atomic E-state index is -3.16. The summed E-state index contributed by atoms with van der Waals surface area (Å²) in [5.41, 5.74) is 2.34. The fraction of sp³-hybridized carbons (Fsp3) is 0.310. The number of alkyl halides is 2. The standard InChI is InChI=1S/C29H27F3N3O3P/c1-4-39(37,5-2)25-12-10-16(13-19(25)30)17-9-11-20-21(14-17)35-22-15-23(27(35)33-20)34(3)28(36)18-7-6-8-24(26(18)22)38-29(31)32/h6-14,22-23,29H,4-5,15H2,1-3H3/t22-,23-/m1/s1/i3D3. The van der Waals surface area contributed by atoms with Crippen LogP contribution < -0.4 is 10.0 Å². The summed E-state index contributed by atoms with van der Waals surface area (Å²) in [6.45, 7) is -2.44. The largest absolute Gasteiger partial charge is 0.434 e. The number of amides is 1. The molecule has 202 valence electrons. The van der Waals surface area contributed by atoms with E-state index in [1.807, 2.05) is 0 Å². The molecule has 0 saturated heterocycles. The monoisotopic (exact) mass is 556 g/mol. The second-order valence-corrected chi connectivity index (χ2v) is 13.3. The van der Waals surface area contributed by atoms with Crippen molar-refractivity contribution in [3.63, 3.8) is 0 Å². The van der Waals surface area contributed by atoms with Gasteiger partial charge >= 0.3 is 6.61 Å². The minimum Gasteiger partial charge on any atom is -0.434 e. The summed E-state index contributed by atoms with van der Waals surface area (Å²) in [6.07, 6.45) is 0.797. The first-order valence-electron chi connectivity index (χ1n) is 14.2. The quantitative estimate of drug-likeness (QED) is 0.251. The van der Waals surface area contributed by atoms with Gasteiger partial charge in [0.2, 0.25) is 0 Å². The average Bonchev–Trinajstić information content (AvgIpc) is 3.44. The average molecular weight is 557 g/mol. The van der Waals surface area contributed by atoms with Crippen LogP contribution in [0.15, 0.2) is 54.6 Å². The summed E-state index contributed by atoms with van der Waals surface area (Å²) in [7, 11) is -2.84. The Labute approximate surface area is 228 Å². The zero-order valence-electron chi connectivity index (χ0n) is 24.2. The maximum absolute atomic E-state index is 15.2. The van der Waals surface area contributed by atoms with Gasteiger partial charge in [0.05, 0.1) is 23.1 Å². The fourth-order valence-electron chi connectivity index (χ4n) is 5.87. The smallest absolute Gasteiger partial charge is 0.387 e. The van der Waals surface area contributed by atoms with E-state index in [0.717, 1.165) is 4.90 Å². The number of nitrogens with zero attached hydrogens (tertiary/aromatic N) is 3. The normalized spacial score (nSPS) is 19.9. The maximum Gasteiger partial charge on any atom is 0.387 e. The summed E-state index contributed by atoms with van der Waals surface area (Å²) in [5.74, 6) is -1.28. The lowest BCUT2D eigenvalue weighted by molar-refractivity contribution is -0.0507. The Kier molecular flexibility index (Phi) is 5.29. The van der Waals surface area contributed by atoms with E-state index in [1.165, 1.54) is 24.3 Å². The van der Waals surface area contributed by atoms with E-state index in [-0.39, 0.29) is 28.6 Å². The summed E-state index contributed by atoms with van der Waals surface area (Å²) >= 11 is 0. The van der Waals surface area contributed by atoms with Crippen LogP contribution in [0, 0.1) is 5.82 Å². The summed E-state index contributed by atoms with van der Waals surface area (Å²) in [4.78, 5) is 19.0. The molecule has 3 aromatic carbocycles. The number of carbonyl (C=O) groups is 1. The maximum atomic E-state index is 15.2. The molecule has 2 aliphatic rings. The minimum absolute atomic E-state index is 0.0330. The van der Waals surface area contributed by atoms with Crippen LogP contribution in [0.4, 0.5) is 13.2 Å². The molecule has 0 spiro atoms. The number of hydrogen-bond donors (Lipinski definition) is 0. The molecule has 6 rings (SSSR count). The van der Waals surface area contributed by atoms with Crippen LogP contribution in [-0.2, 0) is 4.57 Å². The van der Waals surface area contributed by atoms with Crippen LogP contribution in [0.3, 0.4) is 0 Å². The van der Waals surface area contributed by atoms with Gasteiger partial charge in [-0.05, 0) is 47.5 Å². The highest BCUT2D eigenvalue weighted by Gasteiger charge is 2.45. The molecule has 1 aromatic heterocycles. The van der Waals surface area contributed by atoms with Crippen LogP contribution in [0.1, 0.15) is 58.2 Å². The zero-order valence-corrected chi connectivity index (χ0v) is 22.1. The van der Waals surface area contributed by atoms with E-state index < -0.39 is 44.5 Å². The van der Waals surface area contributed by atoms with Gasteiger partial charge in [0, 0.05) is 46.3 Å². The molecule has 0 unspecified atom stereocenters. The molecule has 0 N–H and O–H groups in total. The molecule has 2 aliphatic heterocycles. The molecule has 2 atom stereocenters. The Morgan fingerprint density at radius 1 is 1.10 bits per heavy atom. The number of ether oxygens (including phenoxy) is 1. The van der Waals surface area contributed by atoms with Crippen molar-refractivity contribution >= 4 is 29.4 Å².